The number of hydrogen-bond donors (Lipinski definition) is 3. The number of amides is 1. The highest BCUT2D eigenvalue weighted by Crippen LogP contribution is 2.38. The van der Waals surface area contributed by atoms with E-state index < -0.39 is 77.8 Å². The Morgan fingerprint density at radius 1 is 0.853 bits per heavy atom. The minimum atomic E-state index is -2.43. The number of aliphatic hydroxyl groups is 3. The number of piperidine rings is 1. The number of fused-ring (bicyclic) bond motifs is 3. The van der Waals surface area contributed by atoms with Crippen molar-refractivity contribution in [3.63, 3.8) is 0 Å². The van der Waals surface area contributed by atoms with E-state index in [1.165, 1.54) is 12.0 Å². The van der Waals surface area contributed by atoms with Crippen molar-refractivity contribution in [2.45, 2.75) is 180 Å². The van der Waals surface area contributed by atoms with Crippen molar-refractivity contribution in [2.75, 3.05) is 41.1 Å². The van der Waals surface area contributed by atoms with E-state index in [1.807, 2.05) is 58.1 Å². The molecule has 0 radical (unpaired) electrons. The number of allylic oxidation sites excluding steroid dienone is 6. The third kappa shape index (κ3) is 15.3. The monoisotopic (exact) mass is 958 g/mol. The Morgan fingerprint density at radius 2 is 1.59 bits per heavy atom. The zero-order chi connectivity index (χ0) is 50.3. The van der Waals surface area contributed by atoms with Crippen molar-refractivity contribution in [1.29, 1.82) is 0 Å². The van der Waals surface area contributed by atoms with E-state index in [1.54, 1.807) is 41.1 Å². The summed E-state index contributed by atoms with van der Waals surface area (Å²) in [5.41, 5.74) is 1.26. The molecule has 0 spiro atoms. The van der Waals surface area contributed by atoms with Gasteiger partial charge in [-0.2, -0.15) is 0 Å². The van der Waals surface area contributed by atoms with E-state index in [9.17, 15) is 39.3 Å². The van der Waals surface area contributed by atoms with Crippen LogP contribution in [-0.4, -0.2) is 145 Å². The molecule has 2 bridgehead atoms. The van der Waals surface area contributed by atoms with Gasteiger partial charge in [0.25, 0.3) is 11.7 Å². The van der Waals surface area contributed by atoms with Gasteiger partial charge in [0.15, 0.2) is 5.78 Å². The quantitative estimate of drug-likeness (QED) is 0.134. The number of rotatable bonds is 9. The number of carbonyl (C=O) groups excluding carboxylic acids is 5. The summed E-state index contributed by atoms with van der Waals surface area (Å²) in [5, 5.41) is 32.8. The summed E-state index contributed by atoms with van der Waals surface area (Å²) >= 11 is 0. The topological polar surface area (TPSA) is 205 Å². The first-order valence-electron chi connectivity index (χ1n) is 25.0. The Kier molecular flexibility index (Phi) is 22.9. The molecule has 1 unspecified atom stereocenters. The molecule has 3 aliphatic heterocycles. The molecule has 0 aromatic rings. The predicted octanol–water partition coefficient (Wildman–Crippen LogP) is 6.20. The second-order valence-corrected chi connectivity index (χ2v) is 20.2. The van der Waals surface area contributed by atoms with Crippen LogP contribution in [0.1, 0.15) is 126 Å². The van der Waals surface area contributed by atoms with Crippen molar-refractivity contribution in [2.24, 2.45) is 35.5 Å². The van der Waals surface area contributed by atoms with Crippen LogP contribution < -0.4 is 0 Å². The van der Waals surface area contributed by atoms with Crippen LogP contribution in [0.15, 0.2) is 47.6 Å². The largest absolute Gasteiger partial charge is 0.460 e. The molecule has 1 saturated carbocycles. The molecule has 0 aromatic carbocycles. The molecule has 68 heavy (non-hydrogen) atoms. The summed E-state index contributed by atoms with van der Waals surface area (Å²) in [5.74, 6) is -7.96. The zero-order valence-corrected chi connectivity index (χ0v) is 42.4. The van der Waals surface area contributed by atoms with Crippen molar-refractivity contribution >= 4 is 29.2 Å². The molecule has 2 saturated heterocycles. The van der Waals surface area contributed by atoms with E-state index >= 15 is 0 Å². The number of aliphatic hydroxyl groups excluding tert-OH is 2. The summed E-state index contributed by atoms with van der Waals surface area (Å²) in [4.78, 5) is 72.1. The number of hydrogen-bond acceptors (Lipinski definition) is 14. The lowest BCUT2D eigenvalue weighted by molar-refractivity contribution is -0.265. The summed E-state index contributed by atoms with van der Waals surface area (Å²) in [6, 6.07) is -1.14. The highest BCUT2D eigenvalue weighted by Gasteiger charge is 2.53. The number of ether oxygens (including phenoxy) is 6. The van der Waals surface area contributed by atoms with Gasteiger partial charge in [-0.3, -0.25) is 19.2 Å². The fourth-order valence-electron chi connectivity index (χ4n) is 10.5. The lowest BCUT2D eigenvalue weighted by atomic mass is 9.78. The van der Waals surface area contributed by atoms with E-state index in [0.717, 1.165) is 12.0 Å². The number of ketones is 3. The van der Waals surface area contributed by atoms with Crippen molar-refractivity contribution in [3.8, 4) is 0 Å². The molecule has 384 valence electrons. The van der Waals surface area contributed by atoms with Crippen LogP contribution in [0, 0.1) is 35.5 Å². The second-order valence-electron chi connectivity index (χ2n) is 20.2. The van der Waals surface area contributed by atoms with Gasteiger partial charge < -0.3 is 48.6 Å². The Bertz CT molecular complexity index is 1810. The first kappa shape index (κ1) is 57.2. The van der Waals surface area contributed by atoms with Crippen LogP contribution in [0.2, 0.25) is 0 Å². The highest BCUT2D eigenvalue weighted by atomic mass is 16.6. The number of carbonyl (C=O) groups is 5. The summed E-state index contributed by atoms with van der Waals surface area (Å²) < 4.78 is 35.6. The van der Waals surface area contributed by atoms with Gasteiger partial charge in [0.05, 0.1) is 37.6 Å². The number of esters is 1. The van der Waals surface area contributed by atoms with E-state index in [2.05, 4.69) is 0 Å². The number of Topliss-reactive ketones (excluding diaryl/α,β-unsaturated/α-hetero) is 3. The fraction of sp³-hybridized carbons (Fsp3) is 0.755. The average molecular weight is 958 g/mol. The molecule has 4 aliphatic rings. The molecule has 3 fully saturated rings. The molecule has 4 rings (SSSR count). The minimum Gasteiger partial charge on any atom is -0.460 e. The van der Waals surface area contributed by atoms with Crippen LogP contribution in [0.4, 0.5) is 0 Å². The molecular weight excluding hydrogens is 875 g/mol. The van der Waals surface area contributed by atoms with E-state index in [4.69, 9.17) is 28.4 Å². The maximum atomic E-state index is 14.5. The Morgan fingerprint density at radius 3 is 2.26 bits per heavy atom. The maximum Gasteiger partial charge on any atom is 0.329 e. The summed E-state index contributed by atoms with van der Waals surface area (Å²) in [7, 11) is 4.58. The molecule has 3 N–H and O–H groups in total. The van der Waals surface area contributed by atoms with Crippen LogP contribution >= 0.6 is 0 Å². The van der Waals surface area contributed by atoms with Gasteiger partial charge in [0.1, 0.15) is 30.1 Å². The Hall–Kier alpha value is -3.41. The number of nitrogens with zero attached hydrogens (tertiary/aromatic N) is 1. The molecule has 3 heterocycles. The van der Waals surface area contributed by atoms with Gasteiger partial charge in [-0.1, -0.05) is 71.1 Å². The van der Waals surface area contributed by atoms with Crippen LogP contribution in [-0.2, 0) is 52.4 Å². The molecule has 0 aromatic heterocycles. The molecule has 15 heteroatoms. The predicted molar refractivity (Wildman–Crippen MR) is 256 cm³/mol. The molecular formula is C53H83NO14. The molecule has 1 amide bonds. The van der Waals surface area contributed by atoms with Crippen LogP contribution in [0.25, 0.3) is 0 Å². The lowest BCUT2D eigenvalue weighted by Crippen LogP contribution is -2.61. The van der Waals surface area contributed by atoms with Crippen LogP contribution in [0.3, 0.4) is 0 Å². The number of cyclic esters (lactones) is 1. The lowest BCUT2D eigenvalue weighted by Gasteiger charge is -2.42. The van der Waals surface area contributed by atoms with Crippen molar-refractivity contribution in [3.05, 3.63) is 47.6 Å². The van der Waals surface area contributed by atoms with E-state index in [0.29, 0.717) is 63.4 Å². The van der Waals surface area contributed by atoms with Gasteiger partial charge in [-0.05, 0) is 107 Å². The maximum absolute atomic E-state index is 14.5. The fourth-order valence-corrected chi connectivity index (χ4v) is 10.5. The zero-order valence-electron chi connectivity index (χ0n) is 42.4. The molecule has 15 nitrogen and oxygen atoms in total. The van der Waals surface area contributed by atoms with Gasteiger partial charge in [0.2, 0.25) is 5.79 Å². The number of methoxy groups -OCH3 is 3. The van der Waals surface area contributed by atoms with Gasteiger partial charge in [-0.15, -0.1) is 0 Å². The normalized spacial score (nSPS) is 39.2. The Labute approximate surface area is 405 Å². The third-order valence-electron chi connectivity index (χ3n) is 14.9. The minimum absolute atomic E-state index is 0.0158. The van der Waals surface area contributed by atoms with Crippen molar-refractivity contribution in [1.82, 2.24) is 4.90 Å². The van der Waals surface area contributed by atoms with Crippen molar-refractivity contribution < 1.29 is 67.7 Å². The standard InChI is InChI=1S/C53H83NO14/c1-32-16-12-11-13-17-33(2)44(63-8)30-40-21-19-38(7)53(62,68-40)50(59)51(60)54-23-15-14-18-41(54)52(61)67-45(35(4)28-39-20-22-43(66-25-24-55)46(29-39)64-9)31-42(56)34(3)27-37(6)48(58)49(65-10)47(57)36(5)26-32/h11-13,16-17,27,32,34-36,38-41,43-46,48-49,55,58,62H,14-15,18-26,28-31H2,1-10H3/b13-11+,16-12-,33-17+,37-27+/t32-,34+,35-,36-,38-,39-,40+,41+,43+,44-,45?,46+,48+,49-,53-/m0/s1. The third-order valence-corrected chi connectivity index (χ3v) is 14.9. The average Bonchev–Trinajstić information content (AvgIpc) is 3.32. The van der Waals surface area contributed by atoms with Gasteiger partial charge >= 0.3 is 5.97 Å². The van der Waals surface area contributed by atoms with E-state index in [-0.39, 0.29) is 74.1 Å². The summed E-state index contributed by atoms with van der Waals surface area (Å²) in [6.07, 6.45) is 12.0. The molecule has 15 atom stereocenters. The smallest absolute Gasteiger partial charge is 0.329 e. The van der Waals surface area contributed by atoms with Gasteiger partial charge in [0, 0.05) is 58.5 Å². The molecule has 1 aliphatic carbocycles. The van der Waals surface area contributed by atoms with Gasteiger partial charge in [-0.25, -0.2) is 4.79 Å². The first-order valence-corrected chi connectivity index (χ1v) is 25.0. The SMILES string of the molecule is CO[C@H]1C[C@H]2CC[C@H](C)[C@](O)(O2)C(=O)C(=O)N2CCCC[C@@H]2C(=O)OC([C@@H](C)C[C@@H]2CC[C@@H](OCCO)[C@H](OC)C2)CC(=O)[C@H](C)/C=C(\C)[C@@H](O)[C@@H](OC)C(=O)[C@@H](C)C[C@@H](C)\C=C/C=C/C=C/1C. The Balaban J connectivity index is 1.70. The first-order chi connectivity index (χ1) is 32.3. The second kappa shape index (κ2) is 27.3. The van der Waals surface area contributed by atoms with Crippen LogP contribution in [0.5, 0.6) is 0 Å². The summed E-state index contributed by atoms with van der Waals surface area (Å²) in [6.45, 7) is 12.9. The highest BCUT2D eigenvalue weighted by molar-refractivity contribution is 6.39.